The van der Waals surface area contributed by atoms with E-state index in [9.17, 15) is 9.90 Å². The fourth-order valence-electron chi connectivity index (χ4n) is 2.88. The van der Waals surface area contributed by atoms with Crippen molar-refractivity contribution in [3.8, 4) is 0 Å². The molecule has 1 amide bonds. The zero-order valence-corrected chi connectivity index (χ0v) is 13.7. The SMILES string of the molecule is Cc1csc(NC(=O)CN(CC(C)O)C2CCCCC2)n1. The van der Waals surface area contributed by atoms with Gasteiger partial charge in [0, 0.05) is 18.0 Å². The average molecular weight is 311 g/mol. The number of amides is 1. The second kappa shape index (κ2) is 7.87. The third-order valence-electron chi connectivity index (χ3n) is 3.80. The Labute approximate surface area is 130 Å². The fourth-order valence-corrected chi connectivity index (χ4v) is 3.59. The van der Waals surface area contributed by atoms with Gasteiger partial charge in [0.05, 0.1) is 18.3 Å². The lowest BCUT2D eigenvalue weighted by atomic mass is 9.94. The lowest BCUT2D eigenvalue weighted by Crippen LogP contribution is -2.45. The van der Waals surface area contributed by atoms with Crippen molar-refractivity contribution in [1.29, 1.82) is 0 Å². The molecule has 1 heterocycles. The van der Waals surface area contributed by atoms with Gasteiger partial charge in [0.1, 0.15) is 0 Å². The van der Waals surface area contributed by atoms with E-state index in [1.807, 2.05) is 12.3 Å². The van der Waals surface area contributed by atoms with Crippen LogP contribution < -0.4 is 5.32 Å². The summed E-state index contributed by atoms with van der Waals surface area (Å²) < 4.78 is 0. The lowest BCUT2D eigenvalue weighted by Gasteiger charge is -2.34. The highest BCUT2D eigenvalue weighted by atomic mass is 32.1. The first-order valence-electron chi connectivity index (χ1n) is 7.68. The Kier molecular flexibility index (Phi) is 6.14. The number of aryl methyl sites for hydroxylation is 1. The fraction of sp³-hybridized carbons (Fsp3) is 0.733. The van der Waals surface area contributed by atoms with Crippen LogP contribution in [0.3, 0.4) is 0 Å². The zero-order chi connectivity index (χ0) is 15.2. The minimum atomic E-state index is -0.415. The van der Waals surface area contributed by atoms with Crippen LogP contribution in [0.1, 0.15) is 44.7 Å². The van der Waals surface area contributed by atoms with E-state index in [2.05, 4.69) is 15.2 Å². The summed E-state index contributed by atoms with van der Waals surface area (Å²) in [5.41, 5.74) is 0.920. The van der Waals surface area contributed by atoms with Crippen molar-refractivity contribution in [1.82, 2.24) is 9.88 Å². The Morgan fingerprint density at radius 1 is 1.52 bits per heavy atom. The van der Waals surface area contributed by atoms with Gasteiger partial charge in [0.25, 0.3) is 0 Å². The number of hydrogen-bond donors (Lipinski definition) is 2. The molecular formula is C15H25N3O2S. The third kappa shape index (κ3) is 5.37. The van der Waals surface area contributed by atoms with E-state index < -0.39 is 6.10 Å². The number of aliphatic hydroxyl groups excluding tert-OH is 1. The van der Waals surface area contributed by atoms with Crippen LogP contribution >= 0.6 is 11.3 Å². The van der Waals surface area contributed by atoms with Crippen LogP contribution in [-0.2, 0) is 4.79 Å². The first-order chi connectivity index (χ1) is 10.0. The van der Waals surface area contributed by atoms with Gasteiger partial charge < -0.3 is 10.4 Å². The number of hydrogen-bond acceptors (Lipinski definition) is 5. The Morgan fingerprint density at radius 3 is 2.81 bits per heavy atom. The van der Waals surface area contributed by atoms with E-state index in [0.29, 0.717) is 24.3 Å². The van der Waals surface area contributed by atoms with Gasteiger partial charge >= 0.3 is 0 Å². The van der Waals surface area contributed by atoms with Crippen molar-refractivity contribution < 1.29 is 9.90 Å². The van der Waals surface area contributed by atoms with Crippen LogP contribution in [0.4, 0.5) is 5.13 Å². The molecule has 1 fully saturated rings. The van der Waals surface area contributed by atoms with Gasteiger partial charge in [-0.25, -0.2) is 4.98 Å². The second-order valence-electron chi connectivity index (χ2n) is 5.91. The first-order valence-corrected chi connectivity index (χ1v) is 8.56. The maximum Gasteiger partial charge on any atom is 0.240 e. The van der Waals surface area contributed by atoms with Gasteiger partial charge in [-0.3, -0.25) is 9.69 Å². The molecule has 0 aromatic carbocycles. The van der Waals surface area contributed by atoms with Gasteiger partial charge in [-0.1, -0.05) is 19.3 Å². The second-order valence-corrected chi connectivity index (χ2v) is 6.77. The molecule has 0 bridgehead atoms. The molecule has 0 saturated heterocycles. The number of rotatable bonds is 6. The molecule has 1 aliphatic carbocycles. The summed E-state index contributed by atoms with van der Waals surface area (Å²) in [6, 6.07) is 0.414. The summed E-state index contributed by atoms with van der Waals surface area (Å²) >= 11 is 1.44. The maximum absolute atomic E-state index is 12.2. The summed E-state index contributed by atoms with van der Waals surface area (Å²) in [6.07, 6.45) is 5.54. The standard InChI is InChI=1S/C15H25N3O2S/c1-11-10-21-15(16-11)17-14(20)9-18(8-12(2)19)13-6-4-3-5-7-13/h10,12-13,19H,3-9H2,1-2H3,(H,16,17,20). The smallest absolute Gasteiger partial charge is 0.240 e. The van der Waals surface area contributed by atoms with E-state index in [0.717, 1.165) is 18.5 Å². The van der Waals surface area contributed by atoms with E-state index >= 15 is 0 Å². The van der Waals surface area contributed by atoms with Gasteiger partial charge in [-0.15, -0.1) is 11.3 Å². The van der Waals surface area contributed by atoms with E-state index in [4.69, 9.17) is 0 Å². The van der Waals surface area contributed by atoms with E-state index in [1.165, 1.54) is 30.6 Å². The summed E-state index contributed by atoms with van der Waals surface area (Å²) in [6.45, 7) is 4.56. The maximum atomic E-state index is 12.2. The molecule has 1 aliphatic rings. The molecule has 1 aromatic rings. The van der Waals surface area contributed by atoms with Crippen molar-refractivity contribution in [2.24, 2.45) is 0 Å². The van der Waals surface area contributed by atoms with Crippen LogP contribution in [0.15, 0.2) is 5.38 Å². The van der Waals surface area contributed by atoms with Crippen molar-refractivity contribution >= 4 is 22.4 Å². The van der Waals surface area contributed by atoms with Crippen LogP contribution in [0, 0.1) is 6.92 Å². The van der Waals surface area contributed by atoms with Crippen LogP contribution in [0.2, 0.25) is 0 Å². The predicted molar refractivity (Wildman–Crippen MR) is 85.6 cm³/mol. The minimum absolute atomic E-state index is 0.0458. The number of aliphatic hydroxyl groups is 1. The number of nitrogens with one attached hydrogen (secondary N) is 1. The Balaban J connectivity index is 1.91. The average Bonchev–Trinajstić information content (AvgIpc) is 2.83. The highest BCUT2D eigenvalue weighted by Crippen LogP contribution is 2.23. The number of anilines is 1. The Hall–Kier alpha value is -0.980. The van der Waals surface area contributed by atoms with Crippen molar-refractivity contribution in [3.05, 3.63) is 11.1 Å². The lowest BCUT2D eigenvalue weighted by molar-refractivity contribution is -0.118. The molecule has 1 aromatic heterocycles. The van der Waals surface area contributed by atoms with Gasteiger partial charge in [0.2, 0.25) is 5.91 Å². The third-order valence-corrected chi connectivity index (χ3v) is 4.68. The number of carbonyl (C=O) groups excluding carboxylic acids is 1. The molecule has 1 saturated carbocycles. The van der Waals surface area contributed by atoms with Gasteiger partial charge in [-0.05, 0) is 26.7 Å². The summed E-state index contributed by atoms with van der Waals surface area (Å²) in [5.74, 6) is -0.0458. The number of nitrogens with zero attached hydrogens (tertiary/aromatic N) is 2. The normalized spacial score (nSPS) is 17.9. The number of thiazole rings is 1. The topological polar surface area (TPSA) is 65.5 Å². The molecule has 5 nitrogen and oxygen atoms in total. The highest BCUT2D eigenvalue weighted by molar-refractivity contribution is 7.13. The molecule has 0 aliphatic heterocycles. The van der Waals surface area contributed by atoms with Crippen molar-refractivity contribution in [2.75, 3.05) is 18.4 Å². The molecular weight excluding hydrogens is 286 g/mol. The monoisotopic (exact) mass is 311 g/mol. The molecule has 1 atom stereocenters. The molecule has 0 radical (unpaired) electrons. The molecule has 118 valence electrons. The van der Waals surface area contributed by atoms with Crippen molar-refractivity contribution in [3.63, 3.8) is 0 Å². The molecule has 6 heteroatoms. The number of carbonyl (C=O) groups is 1. The van der Waals surface area contributed by atoms with Crippen molar-refractivity contribution in [2.45, 2.75) is 58.1 Å². The molecule has 21 heavy (non-hydrogen) atoms. The summed E-state index contributed by atoms with van der Waals surface area (Å²) in [7, 11) is 0. The molecule has 1 unspecified atom stereocenters. The number of aromatic nitrogens is 1. The highest BCUT2D eigenvalue weighted by Gasteiger charge is 2.24. The minimum Gasteiger partial charge on any atom is -0.392 e. The van der Waals surface area contributed by atoms with E-state index in [-0.39, 0.29) is 5.91 Å². The predicted octanol–water partition coefficient (Wildman–Crippen LogP) is 2.41. The van der Waals surface area contributed by atoms with Crippen LogP contribution in [0.5, 0.6) is 0 Å². The van der Waals surface area contributed by atoms with E-state index in [1.54, 1.807) is 6.92 Å². The molecule has 2 rings (SSSR count). The van der Waals surface area contributed by atoms with Gasteiger partial charge in [-0.2, -0.15) is 0 Å². The molecule has 2 N–H and O–H groups in total. The quantitative estimate of drug-likeness (QED) is 0.847. The van der Waals surface area contributed by atoms with Crippen LogP contribution in [-0.4, -0.2) is 46.1 Å². The largest absolute Gasteiger partial charge is 0.392 e. The zero-order valence-electron chi connectivity index (χ0n) is 12.8. The first kappa shape index (κ1) is 16.4. The Bertz CT molecular complexity index is 456. The van der Waals surface area contributed by atoms with Gasteiger partial charge in [0.15, 0.2) is 5.13 Å². The molecule has 0 spiro atoms. The van der Waals surface area contributed by atoms with Crippen LogP contribution in [0.25, 0.3) is 0 Å². The summed E-state index contributed by atoms with van der Waals surface area (Å²) in [4.78, 5) is 18.6. The Morgan fingerprint density at radius 2 is 2.24 bits per heavy atom. The summed E-state index contributed by atoms with van der Waals surface area (Å²) in [5, 5.41) is 15.1.